The van der Waals surface area contributed by atoms with Crippen LogP contribution >= 0.6 is 0 Å². The number of rotatable bonds is 3. The summed E-state index contributed by atoms with van der Waals surface area (Å²) in [5.74, 6) is -9.66. The Kier molecular flexibility index (Phi) is 3.83. The van der Waals surface area contributed by atoms with Crippen LogP contribution < -0.4 is 0 Å². The van der Waals surface area contributed by atoms with Gasteiger partial charge < -0.3 is 0 Å². The summed E-state index contributed by atoms with van der Waals surface area (Å²) in [5, 5.41) is 0. The molecule has 0 amide bonds. The first-order valence-electron chi connectivity index (χ1n) is 3.97. The second-order valence-corrected chi connectivity index (χ2v) is 3.04. The minimum absolute atomic E-state index is 0.323. The fraction of sp³-hybridized carbons (Fsp3) is 0.857. The van der Waals surface area contributed by atoms with Crippen LogP contribution in [0.3, 0.4) is 0 Å². The molecule has 10 heteroatoms. The highest BCUT2D eigenvalue weighted by atomic mass is 19.4. The molecule has 1 atom stereocenters. The van der Waals surface area contributed by atoms with Crippen LogP contribution in [0.25, 0.3) is 0 Å². The molecular weight excluding hydrogens is 271 g/mol. The Balaban J connectivity index is 5.85. The van der Waals surface area contributed by atoms with E-state index in [1.54, 1.807) is 0 Å². The minimum Gasteiger partial charge on any atom is -0.285 e. The molecule has 0 saturated heterocycles. The van der Waals surface area contributed by atoms with E-state index in [4.69, 9.17) is 0 Å². The first kappa shape index (κ1) is 16.0. The van der Waals surface area contributed by atoms with Gasteiger partial charge in [-0.1, -0.05) is 6.92 Å². The molecule has 1 nitrogen and oxygen atoms in total. The van der Waals surface area contributed by atoms with E-state index in [-0.39, 0.29) is 0 Å². The maximum absolute atomic E-state index is 13.0. The van der Waals surface area contributed by atoms with Crippen LogP contribution in [0, 0.1) is 0 Å². The van der Waals surface area contributed by atoms with E-state index < -0.39 is 36.1 Å². The van der Waals surface area contributed by atoms with Crippen LogP contribution in [0.5, 0.6) is 0 Å². The van der Waals surface area contributed by atoms with E-state index in [0.29, 0.717) is 6.92 Å². The molecule has 0 saturated carbocycles. The molecule has 1 unspecified atom stereocenters. The molecule has 17 heavy (non-hydrogen) atoms. The fourth-order valence-electron chi connectivity index (χ4n) is 0.941. The Labute approximate surface area is 88.6 Å². The van der Waals surface area contributed by atoms with Gasteiger partial charge >= 0.3 is 18.0 Å². The highest BCUT2D eigenvalue weighted by Crippen LogP contribution is 2.50. The van der Waals surface area contributed by atoms with Gasteiger partial charge in [0, 0.05) is 6.42 Å². The van der Waals surface area contributed by atoms with Crippen molar-refractivity contribution >= 4 is 5.78 Å². The van der Waals surface area contributed by atoms with Crippen LogP contribution in [0.4, 0.5) is 39.5 Å². The Morgan fingerprint density at radius 1 is 0.882 bits per heavy atom. The third-order valence-electron chi connectivity index (χ3n) is 1.91. The monoisotopic (exact) mass is 276 g/mol. The third kappa shape index (κ3) is 2.49. The van der Waals surface area contributed by atoms with Gasteiger partial charge in [0.2, 0.25) is 0 Å². The maximum atomic E-state index is 13.0. The van der Waals surface area contributed by atoms with E-state index in [9.17, 15) is 44.3 Å². The number of halogens is 9. The van der Waals surface area contributed by atoms with Crippen LogP contribution in [-0.2, 0) is 4.79 Å². The molecule has 0 bridgehead atoms. The Morgan fingerprint density at radius 2 is 1.24 bits per heavy atom. The lowest BCUT2D eigenvalue weighted by Crippen LogP contribution is -2.63. The standard InChI is InChI=1S/C7H5F9O/c1-2-4(8,9)5(10,7(14,15)16)3(17)6(11,12)13/h2H2,1H3. The summed E-state index contributed by atoms with van der Waals surface area (Å²) in [7, 11) is 0. The second kappa shape index (κ2) is 4.05. The van der Waals surface area contributed by atoms with E-state index in [0.717, 1.165) is 0 Å². The summed E-state index contributed by atoms with van der Waals surface area (Å²) in [4.78, 5) is 10.2. The Hall–Kier alpha value is -0.960. The molecule has 0 aromatic rings. The Bertz CT molecular complexity index is 301. The molecule has 0 heterocycles. The molecule has 0 aromatic heterocycles. The lowest BCUT2D eigenvalue weighted by Gasteiger charge is -2.33. The van der Waals surface area contributed by atoms with Crippen LogP contribution in [0.15, 0.2) is 0 Å². The van der Waals surface area contributed by atoms with E-state index in [2.05, 4.69) is 0 Å². The summed E-state index contributed by atoms with van der Waals surface area (Å²) >= 11 is 0. The van der Waals surface area contributed by atoms with Gasteiger partial charge in [-0.2, -0.15) is 26.3 Å². The van der Waals surface area contributed by atoms with Gasteiger partial charge in [-0.25, -0.2) is 13.2 Å². The van der Waals surface area contributed by atoms with Crippen molar-refractivity contribution in [1.29, 1.82) is 0 Å². The van der Waals surface area contributed by atoms with Gasteiger partial charge in [0.05, 0.1) is 0 Å². The number of alkyl halides is 9. The normalized spacial score (nSPS) is 17.8. The second-order valence-electron chi connectivity index (χ2n) is 3.04. The van der Waals surface area contributed by atoms with Crippen molar-refractivity contribution in [2.45, 2.75) is 37.3 Å². The topological polar surface area (TPSA) is 17.1 Å². The lowest BCUT2D eigenvalue weighted by molar-refractivity contribution is -0.301. The average Bonchev–Trinajstić information content (AvgIpc) is 2.11. The maximum Gasteiger partial charge on any atom is 0.454 e. The predicted octanol–water partition coefficient (Wildman–Crippen LogP) is 3.43. The molecule has 0 aliphatic carbocycles. The number of hydrogen-bond donors (Lipinski definition) is 0. The summed E-state index contributed by atoms with van der Waals surface area (Å²) in [6.07, 6.45) is -14.9. The molecule has 102 valence electrons. The zero-order valence-electron chi connectivity index (χ0n) is 8.02. The molecule has 0 aliphatic rings. The number of carbonyl (C=O) groups excluding carboxylic acids is 1. The van der Waals surface area contributed by atoms with Gasteiger partial charge in [0.1, 0.15) is 0 Å². The van der Waals surface area contributed by atoms with Crippen molar-refractivity contribution in [2.75, 3.05) is 0 Å². The minimum atomic E-state index is -6.67. The van der Waals surface area contributed by atoms with Crippen LogP contribution in [0.2, 0.25) is 0 Å². The summed E-state index contributed by atoms with van der Waals surface area (Å²) in [6.45, 7) is 0.323. The number of hydrogen-bond acceptors (Lipinski definition) is 1. The van der Waals surface area contributed by atoms with Gasteiger partial charge in [-0.3, -0.25) is 4.79 Å². The highest BCUT2D eigenvalue weighted by molar-refractivity contribution is 5.94. The van der Waals surface area contributed by atoms with Gasteiger partial charge in [0.15, 0.2) is 0 Å². The van der Waals surface area contributed by atoms with Gasteiger partial charge in [0.25, 0.3) is 11.7 Å². The molecule has 0 aromatic carbocycles. The summed E-state index contributed by atoms with van der Waals surface area (Å²) < 4.78 is 109. The molecular formula is C7H5F9O. The molecule has 0 aliphatic heterocycles. The van der Waals surface area contributed by atoms with Crippen molar-refractivity contribution in [1.82, 2.24) is 0 Å². The average molecular weight is 276 g/mol. The van der Waals surface area contributed by atoms with Crippen molar-refractivity contribution < 1.29 is 44.3 Å². The first-order chi connectivity index (χ1) is 7.22. The van der Waals surface area contributed by atoms with Crippen molar-refractivity contribution in [2.24, 2.45) is 0 Å². The molecule has 0 N–H and O–H groups in total. The molecule has 0 fully saturated rings. The molecule has 0 rings (SSSR count). The molecule has 0 spiro atoms. The lowest BCUT2D eigenvalue weighted by atomic mass is 9.89. The predicted molar refractivity (Wildman–Crippen MR) is 36.2 cm³/mol. The van der Waals surface area contributed by atoms with Gasteiger partial charge in [-0.15, -0.1) is 0 Å². The van der Waals surface area contributed by atoms with E-state index >= 15 is 0 Å². The zero-order chi connectivity index (χ0) is 14.3. The number of ketones is 1. The molecule has 0 radical (unpaired) electrons. The highest BCUT2D eigenvalue weighted by Gasteiger charge is 2.79. The fourth-order valence-corrected chi connectivity index (χ4v) is 0.941. The quantitative estimate of drug-likeness (QED) is 0.722. The zero-order valence-corrected chi connectivity index (χ0v) is 8.02. The van der Waals surface area contributed by atoms with E-state index in [1.807, 2.05) is 0 Å². The van der Waals surface area contributed by atoms with Crippen molar-refractivity contribution in [3.8, 4) is 0 Å². The number of Topliss-reactive ketones (excluding diaryl/α,β-unsaturated/α-hetero) is 1. The summed E-state index contributed by atoms with van der Waals surface area (Å²) in [6, 6.07) is 0. The van der Waals surface area contributed by atoms with Gasteiger partial charge in [-0.05, 0) is 0 Å². The van der Waals surface area contributed by atoms with Crippen LogP contribution in [-0.4, -0.2) is 29.7 Å². The van der Waals surface area contributed by atoms with Crippen LogP contribution in [0.1, 0.15) is 13.3 Å². The van der Waals surface area contributed by atoms with Crippen molar-refractivity contribution in [3.05, 3.63) is 0 Å². The van der Waals surface area contributed by atoms with Crippen molar-refractivity contribution in [3.63, 3.8) is 0 Å². The number of carbonyl (C=O) groups is 1. The SMILES string of the molecule is CCC(F)(F)C(F)(C(=O)C(F)(F)F)C(F)(F)F. The van der Waals surface area contributed by atoms with E-state index in [1.165, 1.54) is 0 Å². The summed E-state index contributed by atoms with van der Waals surface area (Å²) in [5.41, 5.74) is -6.27. The largest absolute Gasteiger partial charge is 0.454 e. The third-order valence-corrected chi connectivity index (χ3v) is 1.91. The first-order valence-corrected chi connectivity index (χ1v) is 3.97. The smallest absolute Gasteiger partial charge is 0.285 e. The Morgan fingerprint density at radius 3 is 1.41 bits per heavy atom.